The van der Waals surface area contributed by atoms with E-state index in [1.54, 1.807) is 11.0 Å². The second kappa shape index (κ2) is 7.57. The summed E-state index contributed by atoms with van der Waals surface area (Å²) in [6.07, 6.45) is 1.82. The molecule has 2 aromatic carbocycles. The molecule has 0 saturated carbocycles. The quantitative estimate of drug-likeness (QED) is 0.710. The molecule has 2 fully saturated rings. The van der Waals surface area contributed by atoms with Crippen LogP contribution in [0.1, 0.15) is 20.7 Å². The van der Waals surface area contributed by atoms with Gasteiger partial charge < -0.3 is 19.5 Å². The molecule has 2 aliphatic heterocycles. The molecule has 3 heterocycles. The number of benzene rings is 2. The van der Waals surface area contributed by atoms with E-state index in [0.717, 1.165) is 10.9 Å². The molecule has 1 aromatic heterocycles. The van der Waals surface area contributed by atoms with Gasteiger partial charge in [0.05, 0.1) is 30.3 Å². The predicted octanol–water partition coefficient (Wildman–Crippen LogP) is 2.92. The Kier molecular flexibility index (Phi) is 4.75. The smallest absolute Gasteiger partial charge is 0.256 e. The van der Waals surface area contributed by atoms with E-state index in [1.165, 1.54) is 18.2 Å². The molecular formula is C23H22FN3O3. The summed E-state index contributed by atoms with van der Waals surface area (Å²) >= 11 is 0. The monoisotopic (exact) mass is 407 g/mol. The normalized spacial score (nSPS) is 21.5. The fourth-order valence-electron chi connectivity index (χ4n) is 4.48. The molecule has 2 atom stereocenters. The van der Waals surface area contributed by atoms with Gasteiger partial charge in [-0.15, -0.1) is 0 Å². The van der Waals surface area contributed by atoms with E-state index in [0.29, 0.717) is 44.0 Å². The molecule has 2 saturated heterocycles. The summed E-state index contributed by atoms with van der Waals surface area (Å²) in [5.74, 6) is -0.715. The van der Waals surface area contributed by atoms with Crippen molar-refractivity contribution in [2.24, 2.45) is 5.92 Å². The zero-order valence-electron chi connectivity index (χ0n) is 16.4. The highest BCUT2D eigenvalue weighted by Crippen LogP contribution is 2.25. The minimum atomic E-state index is -0.435. The van der Waals surface area contributed by atoms with Crippen molar-refractivity contribution in [1.29, 1.82) is 0 Å². The third-order valence-corrected chi connectivity index (χ3v) is 5.91. The number of para-hydroxylation sites is 1. The molecule has 30 heavy (non-hydrogen) atoms. The lowest BCUT2D eigenvalue weighted by Gasteiger charge is -2.31. The number of aromatic amines is 1. The summed E-state index contributed by atoms with van der Waals surface area (Å²) in [5, 5.41) is 0.984. The van der Waals surface area contributed by atoms with Crippen molar-refractivity contribution in [2.75, 3.05) is 32.8 Å². The average Bonchev–Trinajstić information content (AvgIpc) is 3.03. The molecule has 3 aromatic rings. The lowest BCUT2D eigenvalue weighted by atomic mass is 10.1. The maximum Gasteiger partial charge on any atom is 0.256 e. The highest BCUT2D eigenvalue weighted by atomic mass is 19.1. The number of ether oxygens (including phenoxy) is 1. The van der Waals surface area contributed by atoms with E-state index in [9.17, 15) is 14.0 Å². The lowest BCUT2D eigenvalue weighted by molar-refractivity contribution is 0.0381. The molecule has 7 heteroatoms. The van der Waals surface area contributed by atoms with Gasteiger partial charge in [0, 0.05) is 42.7 Å². The zero-order chi connectivity index (χ0) is 20.7. The number of carbonyl (C=O) groups is 2. The van der Waals surface area contributed by atoms with Crippen molar-refractivity contribution in [2.45, 2.75) is 6.04 Å². The fraction of sp³-hybridized carbons (Fsp3) is 0.304. The number of nitrogens with zero attached hydrogens (tertiary/aromatic N) is 2. The highest BCUT2D eigenvalue weighted by molar-refractivity contribution is 6.06. The van der Waals surface area contributed by atoms with E-state index < -0.39 is 5.82 Å². The molecule has 2 bridgehead atoms. The van der Waals surface area contributed by atoms with Gasteiger partial charge in [-0.1, -0.05) is 18.2 Å². The SMILES string of the molecule is O=C(c1cccc(F)c1)N1C[C@@H]2COC[C@H](C1)N(C(=O)c1cccc3cc[nH]c13)C2. The first-order valence-corrected chi connectivity index (χ1v) is 10.1. The van der Waals surface area contributed by atoms with Crippen LogP contribution in [0.25, 0.3) is 10.9 Å². The third kappa shape index (κ3) is 3.35. The molecule has 2 aliphatic rings. The van der Waals surface area contributed by atoms with Gasteiger partial charge in [0.2, 0.25) is 0 Å². The Bertz CT molecular complexity index is 1110. The van der Waals surface area contributed by atoms with E-state index in [4.69, 9.17) is 4.74 Å². The van der Waals surface area contributed by atoms with Crippen LogP contribution in [-0.4, -0.2) is 65.5 Å². The molecule has 0 aliphatic carbocycles. The molecular weight excluding hydrogens is 385 g/mol. The summed E-state index contributed by atoms with van der Waals surface area (Å²) in [7, 11) is 0. The second-order valence-corrected chi connectivity index (χ2v) is 7.98. The molecule has 154 valence electrons. The van der Waals surface area contributed by atoms with Crippen LogP contribution >= 0.6 is 0 Å². The first-order chi connectivity index (χ1) is 14.6. The minimum Gasteiger partial charge on any atom is -0.379 e. The predicted molar refractivity (Wildman–Crippen MR) is 110 cm³/mol. The molecule has 1 N–H and O–H groups in total. The van der Waals surface area contributed by atoms with Gasteiger partial charge in [0.1, 0.15) is 5.82 Å². The van der Waals surface area contributed by atoms with Crippen LogP contribution in [0.15, 0.2) is 54.7 Å². The number of rotatable bonds is 2. The first kappa shape index (κ1) is 18.8. The summed E-state index contributed by atoms with van der Waals surface area (Å²) in [6, 6.07) is 13.1. The lowest BCUT2D eigenvalue weighted by Crippen LogP contribution is -2.47. The summed E-state index contributed by atoms with van der Waals surface area (Å²) in [6.45, 7) is 2.21. The number of amides is 2. The van der Waals surface area contributed by atoms with Crippen molar-refractivity contribution in [3.05, 3.63) is 71.7 Å². The largest absolute Gasteiger partial charge is 0.379 e. The first-order valence-electron chi connectivity index (χ1n) is 10.1. The number of nitrogens with one attached hydrogen (secondary N) is 1. The topological polar surface area (TPSA) is 65.6 Å². The van der Waals surface area contributed by atoms with E-state index >= 15 is 0 Å². The average molecular weight is 407 g/mol. The van der Waals surface area contributed by atoms with Crippen LogP contribution in [-0.2, 0) is 4.74 Å². The number of hydrogen-bond acceptors (Lipinski definition) is 3. The number of hydrogen-bond donors (Lipinski definition) is 1. The van der Waals surface area contributed by atoms with E-state index in [2.05, 4.69) is 4.98 Å². The van der Waals surface area contributed by atoms with Gasteiger partial charge >= 0.3 is 0 Å². The van der Waals surface area contributed by atoms with Crippen LogP contribution in [0.4, 0.5) is 4.39 Å². The van der Waals surface area contributed by atoms with Crippen LogP contribution in [0, 0.1) is 11.7 Å². The summed E-state index contributed by atoms with van der Waals surface area (Å²) in [5.41, 5.74) is 1.76. The van der Waals surface area contributed by atoms with Crippen LogP contribution in [0.5, 0.6) is 0 Å². The van der Waals surface area contributed by atoms with Gasteiger partial charge in [0.25, 0.3) is 11.8 Å². The number of halogens is 1. The highest BCUT2D eigenvalue weighted by Gasteiger charge is 2.38. The van der Waals surface area contributed by atoms with Crippen molar-refractivity contribution in [3.8, 4) is 0 Å². The standard InChI is InChI=1S/C23H22FN3O3/c24-18-5-1-4-17(9-18)22(28)26-10-15-11-27(19(12-26)14-30-13-15)23(29)20-6-2-3-16-7-8-25-21(16)20/h1-9,15,19,25H,10-14H2/t15-,19-/m0/s1. The Morgan fingerprint density at radius 1 is 1.00 bits per heavy atom. The molecule has 0 unspecified atom stereocenters. The van der Waals surface area contributed by atoms with Crippen molar-refractivity contribution in [3.63, 3.8) is 0 Å². The van der Waals surface area contributed by atoms with Gasteiger partial charge in [-0.3, -0.25) is 9.59 Å². The Hall–Kier alpha value is -3.19. The number of fused-ring (bicyclic) bond motifs is 4. The van der Waals surface area contributed by atoms with Gasteiger partial charge in [-0.25, -0.2) is 4.39 Å². The number of H-pyrrole nitrogens is 1. The van der Waals surface area contributed by atoms with Crippen molar-refractivity contribution in [1.82, 2.24) is 14.8 Å². The molecule has 6 nitrogen and oxygen atoms in total. The molecule has 5 rings (SSSR count). The van der Waals surface area contributed by atoms with Gasteiger partial charge in [0.15, 0.2) is 0 Å². The Morgan fingerprint density at radius 3 is 2.73 bits per heavy atom. The summed E-state index contributed by atoms with van der Waals surface area (Å²) in [4.78, 5) is 33.3. The van der Waals surface area contributed by atoms with Crippen LogP contribution in [0.2, 0.25) is 0 Å². The van der Waals surface area contributed by atoms with E-state index in [-0.39, 0.29) is 23.8 Å². The Labute approximate surface area is 173 Å². The maximum atomic E-state index is 13.6. The second-order valence-electron chi connectivity index (χ2n) is 7.98. The Balaban J connectivity index is 1.44. The zero-order valence-corrected chi connectivity index (χ0v) is 16.4. The minimum absolute atomic E-state index is 0.00167. The number of aromatic nitrogens is 1. The third-order valence-electron chi connectivity index (χ3n) is 5.91. The van der Waals surface area contributed by atoms with Crippen LogP contribution in [0.3, 0.4) is 0 Å². The van der Waals surface area contributed by atoms with Crippen molar-refractivity contribution < 1.29 is 18.7 Å². The van der Waals surface area contributed by atoms with Crippen molar-refractivity contribution >= 4 is 22.7 Å². The van der Waals surface area contributed by atoms with Gasteiger partial charge in [-0.2, -0.15) is 0 Å². The fourth-order valence-corrected chi connectivity index (χ4v) is 4.48. The molecule has 0 radical (unpaired) electrons. The number of carbonyl (C=O) groups excluding carboxylic acids is 2. The van der Waals surface area contributed by atoms with E-state index in [1.807, 2.05) is 35.4 Å². The Morgan fingerprint density at radius 2 is 1.87 bits per heavy atom. The van der Waals surface area contributed by atoms with Gasteiger partial charge in [-0.05, 0) is 30.3 Å². The maximum absolute atomic E-state index is 13.6. The molecule has 2 amide bonds. The summed E-state index contributed by atoms with van der Waals surface area (Å²) < 4.78 is 19.4. The molecule has 0 spiro atoms. The van der Waals surface area contributed by atoms with Crippen LogP contribution < -0.4 is 0 Å².